The van der Waals surface area contributed by atoms with Gasteiger partial charge in [-0.2, -0.15) is 0 Å². The van der Waals surface area contributed by atoms with Crippen LogP contribution in [-0.4, -0.2) is 25.2 Å². The van der Waals surface area contributed by atoms with Crippen molar-refractivity contribution < 1.29 is 27.1 Å². The van der Waals surface area contributed by atoms with Crippen LogP contribution >= 0.6 is 0 Å². The molecule has 0 aromatic heterocycles. The fraction of sp³-hybridized carbons (Fsp3) is 0.300. The molecule has 0 amide bonds. The highest BCUT2D eigenvalue weighted by atomic mass is 32.2. The lowest BCUT2D eigenvalue weighted by atomic mass is 10.2. The molecule has 0 aliphatic carbocycles. The second-order valence-electron chi connectivity index (χ2n) is 3.44. The number of benzene rings is 1. The first-order valence-electron chi connectivity index (χ1n) is 4.67. The molecule has 7 heteroatoms. The Kier molecular flexibility index (Phi) is 4.17. The summed E-state index contributed by atoms with van der Waals surface area (Å²) in [5.41, 5.74) is -0.558. The van der Waals surface area contributed by atoms with Crippen molar-refractivity contribution in [1.82, 2.24) is 0 Å². The number of sulfone groups is 1. The fourth-order valence-electron chi connectivity index (χ4n) is 1.21. The molecule has 0 heterocycles. The van der Waals surface area contributed by atoms with Crippen LogP contribution < -0.4 is 0 Å². The fourth-order valence-corrected chi connectivity index (χ4v) is 2.55. The number of rotatable bonds is 5. The van der Waals surface area contributed by atoms with Crippen LogP contribution in [0.25, 0.3) is 0 Å². The standard InChI is InChI=1S/C10H10F2O4S/c11-8-2-1-3-9(12)7(8)6-17(15,16)5-4-10(13)14/h1-3H,4-6H2,(H,13,14). The Morgan fingerprint density at radius 1 is 1.24 bits per heavy atom. The molecule has 1 aromatic rings. The summed E-state index contributed by atoms with van der Waals surface area (Å²) < 4.78 is 49.1. The van der Waals surface area contributed by atoms with Crippen molar-refractivity contribution in [1.29, 1.82) is 0 Å². The Morgan fingerprint density at radius 3 is 2.24 bits per heavy atom. The summed E-state index contributed by atoms with van der Waals surface area (Å²) in [5.74, 6) is -4.66. The summed E-state index contributed by atoms with van der Waals surface area (Å²) in [6.45, 7) is 0. The molecule has 0 aliphatic heterocycles. The van der Waals surface area contributed by atoms with Gasteiger partial charge < -0.3 is 5.11 Å². The molecule has 0 spiro atoms. The average molecular weight is 264 g/mol. The third kappa shape index (κ3) is 4.10. The SMILES string of the molecule is O=C(O)CCS(=O)(=O)Cc1c(F)cccc1F. The van der Waals surface area contributed by atoms with E-state index in [0.717, 1.165) is 18.2 Å². The third-order valence-electron chi connectivity index (χ3n) is 2.05. The molecule has 0 atom stereocenters. The lowest BCUT2D eigenvalue weighted by Crippen LogP contribution is -2.14. The Hall–Kier alpha value is -1.50. The van der Waals surface area contributed by atoms with E-state index in [2.05, 4.69) is 0 Å². The van der Waals surface area contributed by atoms with Gasteiger partial charge >= 0.3 is 5.97 Å². The van der Waals surface area contributed by atoms with Gasteiger partial charge in [-0.05, 0) is 12.1 Å². The van der Waals surface area contributed by atoms with E-state index in [0.29, 0.717) is 0 Å². The summed E-state index contributed by atoms with van der Waals surface area (Å²) in [6.07, 6.45) is -0.585. The highest BCUT2D eigenvalue weighted by Gasteiger charge is 2.19. The predicted octanol–water partition coefficient (Wildman–Crippen LogP) is 1.35. The highest BCUT2D eigenvalue weighted by molar-refractivity contribution is 7.90. The molecular formula is C10H10F2O4S. The molecule has 94 valence electrons. The van der Waals surface area contributed by atoms with Gasteiger partial charge in [-0.3, -0.25) is 4.79 Å². The average Bonchev–Trinajstić information content (AvgIpc) is 2.21. The molecule has 0 saturated carbocycles. The normalized spacial score (nSPS) is 11.4. The molecule has 0 fully saturated rings. The molecule has 1 N–H and O–H groups in total. The molecule has 0 radical (unpaired) electrons. The second-order valence-corrected chi connectivity index (χ2v) is 5.62. The first-order valence-corrected chi connectivity index (χ1v) is 6.49. The van der Waals surface area contributed by atoms with E-state index >= 15 is 0 Å². The van der Waals surface area contributed by atoms with E-state index < -0.39 is 50.9 Å². The van der Waals surface area contributed by atoms with Crippen molar-refractivity contribution in [3.05, 3.63) is 35.4 Å². The van der Waals surface area contributed by atoms with Crippen molar-refractivity contribution >= 4 is 15.8 Å². The van der Waals surface area contributed by atoms with Crippen LogP contribution in [0.15, 0.2) is 18.2 Å². The van der Waals surface area contributed by atoms with Gasteiger partial charge in [0.2, 0.25) is 0 Å². The summed E-state index contributed by atoms with van der Waals surface area (Å²) in [7, 11) is -3.84. The van der Waals surface area contributed by atoms with Crippen LogP contribution in [0.3, 0.4) is 0 Å². The van der Waals surface area contributed by atoms with Gasteiger partial charge in [0, 0.05) is 5.56 Å². The minimum atomic E-state index is -3.84. The molecule has 0 unspecified atom stereocenters. The monoisotopic (exact) mass is 264 g/mol. The van der Waals surface area contributed by atoms with Crippen LogP contribution in [0.1, 0.15) is 12.0 Å². The van der Waals surface area contributed by atoms with E-state index in [9.17, 15) is 22.0 Å². The zero-order valence-electron chi connectivity index (χ0n) is 8.69. The van der Waals surface area contributed by atoms with Gasteiger partial charge in [0.25, 0.3) is 0 Å². The summed E-state index contributed by atoms with van der Waals surface area (Å²) in [6, 6.07) is 3.02. The van der Waals surface area contributed by atoms with Crippen molar-refractivity contribution in [3.8, 4) is 0 Å². The van der Waals surface area contributed by atoms with Crippen molar-refractivity contribution in [3.63, 3.8) is 0 Å². The van der Waals surface area contributed by atoms with E-state index in [-0.39, 0.29) is 0 Å². The summed E-state index contributed by atoms with van der Waals surface area (Å²) in [4.78, 5) is 10.2. The minimum Gasteiger partial charge on any atom is -0.481 e. The van der Waals surface area contributed by atoms with Crippen molar-refractivity contribution in [2.45, 2.75) is 12.2 Å². The van der Waals surface area contributed by atoms with Crippen LogP contribution in [0.4, 0.5) is 8.78 Å². The van der Waals surface area contributed by atoms with Gasteiger partial charge in [-0.25, -0.2) is 17.2 Å². The van der Waals surface area contributed by atoms with Crippen LogP contribution in [0.5, 0.6) is 0 Å². The number of hydrogen-bond acceptors (Lipinski definition) is 3. The Labute approximate surface area is 96.8 Å². The van der Waals surface area contributed by atoms with Gasteiger partial charge in [0.15, 0.2) is 9.84 Å². The number of hydrogen-bond donors (Lipinski definition) is 1. The van der Waals surface area contributed by atoms with Crippen molar-refractivity contribution in [2.75, 3.05) is 5.75 Å². The lowest BCUT2D eigenvalue weighted by molar-refractivity contribution is -0.136. The Bertz CT molecular complexity index is 505. The molecule has 0 aliphatic rings. The second kappa shape index (κ2) is 5.22. The highest BCUT2D eigenvalue weighted by Crippen LogP contribution is 2.16. The number of halogens is 2. The minimum absolute atomic E-state index is 0.558. The first kappa shape index (κ1) is 13.6. The van der Waals surface area contributed by atoms with Gasteiger partial charge in [0.1, 0.15) is 11.6 Å². The summed E-state index contributed by atoms with van der Waals surface area (Å²) >= 11 is 0. The largest absolute Gasteiger partial charge is 0.481 e. The van der Waals surface area contributed by atoms with E-state index in [4.69, 9.17) is 5.11 Å². The molecule has 17 heavy (non-hydrogen) atoms. The molecule has 4 nitrogen and oxygen atoms in total. The molecule has 1 rings (SSSR count). The molecule has 1 aromatic carbocycles. The van der Waals surface area contributed by atoms with E-state index in [1.165, 1.54) is 0 Å². The van der Waals surface area contributed by atoms with E-state index in [1.807, 2.05) is 0 Å². The van der Waals surface area contributed by atoms with Gasteiger partial charge in [0.05, 0.1) is 17.9 Å². The third-order valence-corrected chi connectivity index (χ3v) is 3.61. The topological polar surface area (TPSA) is 71.4 Å². The number of carboxylic acid groups (broad SMARTS) is 1. The zero-order chi connectivity index (χ0) is 13.1. The molecular weight excluding hydrogens is 254 g/mol. The number of carbonyl (C=O) groups is 1. The molecule has 0 bridgehead atoms. The maximum absolute atomic E-state index is 13.2. The Morgan fingerprint density at radius 2 is 1.76 bits per heavy atom. The van der Waals surface area contributed by atoms with Gasteiger partial charge in [-0.15, -0.1) is 0 Å². The zero-order valence-corrected chi connectivity index (χ0v) is 9.51. The number of carboxylic acids is 1. The molecule has 0 saturated heterocycles. The van der Waals surface area contributed by atoms with E-state index in [1.54, 1.807) is 0 Å². The number of aliphatic carboxylic acids is 1. The van der Waals surface area contributed by atoms with Crippen LogP contribution in [0, 0.1) is 11.6 Å². The first-order chi connectivity index (χ1) is 7.82. The van der Waals surface area contributed by atoms with Gasteiger partial charge in [-0.1, -0.05) is 6.07 Å². The van der Waals surface area contributed by atoms with Crippen molar-refractivity contribution in [2.24, 2.45) is 0 Å². The quantitative estimate of drug-likeness (QED) is 0.871. The lowest BCUT2D eigenvalue weighted by Gasteiger charge is -2.05. The maximum atomic E-state index is 13.2. The van der Waals surface area contributed by atoms with Crippen LogP contribution in [-0.2, 0) is 20.4 Å². The predicted molar refractivity (Wildman–Crippen MR) is 56.1 cm³/mol. The maximum Gasteiger partial charge on any atom is 0.304 e. The Balaban J connectivity index is 2.87. The van der Waals surface area contributed by atoms with Crippen LogP contribution in [0.2, 0.25) is 0 Å². The summed E-state index contributed by atoms with van der Waals surface area (Å²) in [5, 5.41) is 8.34. The smallest absolute Gasteiger partial charge is 0.304 e.